The molecule has 0 bridgehead atoms. The molecule has 6 nitrogen and oxygen atoms in total. The van der Waals surface area contributed by atoms with E-state index in [1.165, 1.54) is 0 Å². The van der Waals surface area contributed by atoms with Crippen LogP contribution in [0.15, 0.2) is 22.6 Å². The lowest BCUT2D eigenvalue weighted by Crippen LogP contribution is -2.61. The zero-order chi connectivity index (χ0) is 14.3. The summed E-state index contributed by atoms with van der Waals surface area (Å²) in [4.78, 5) is 18.4. The van der Waals surface area contributed by atoms with E-state index in [-0.39, 0.29) is 5.91 Å². The summed E-state index contributed by atoms with van der Waals surface area (Å²) in [6.07, 6.45) is 0. The van der Waals surface area contributed by atoms with E-state index >= 15 is 0 Å². The molecular weight excluding hydrogens is 256 g/mol. The van der Waals surface area contributed by atoms with E-state index in [0.717, 1.165) is 12.1 Å². The molecular formula is C14H18N4O2. The van der Waals surface area contributed by atoms with Crippen molar-refractivity contribution in [2.24, 2.45) is 0 Å². The Bertz CT molecular complexity index is 662. The third kappa shape index (κ3) is 2.12. The van der Waals surface area contributed by atoms with Crippen molar-refractivity contribution in [2.45, 2.75) is 25.9 Å². The van der Waals surface area contributed by atoms with Crippen LogP contribution in [0.4, 0.5) is 5.69 Å². The van der Waals surface area contributed by atoms with E-state index in [2.05, 4.69) is 15.2 Å². The highest BCUT2D eigenvalue weighted by Crippen LogP contribution is 2.23. The molecule has 0 saturated carbocycles. The number of nitrogens with two attached hydrogens (primary N) is 1. The smallest absolute Gasteiger partial charge is 0.240 e. The lowest BCUT2D eigenvalue weighted by atomic mass is 9.99. The Morgan fingerprint density at radius 3 is 3.10 bits per heavy atom. The van der Waals surface area contributed by atoms with Crippen molar-refractivity contribution < 1.29 is 9.21 Å². The lowest BCUT2D eigenvalue weighted by molar-refractivity contribution is -0.135. The summed E-state index contributed by atoms with van der Waals surface area (Å²) < 4.78 is 5.71. The molecule has 1 aromatic heterocycles. The molecule has 1 aromatic carbocycles. The Morgan fingerprint density at radius 2 is 2.30 bits per heavy atom. The number of amides is 1. The molecule has 1 aliphatic heterocycles. The van der Waals surface area contributed by atoms with Gasteiger partial charge in [0.15, 0.2) is 5.58 Å². The number of hydrogen-bond acceptors (Lipinski definition) is 5. The highest BCUT2D eigenvalue weighted by Gasteiger charge is 2.38. The normalized spacial score (nSPS) is 19.2. The summed E-state index contributed by atoms with van der Waals surface area (Å²) in [5, 5.41) is 2.87. The minimum absolute atomic E-state index is 0.0316. The summed E-state index contributed by atoms with van der Waals surface area (Å²) in [6.45, 7) is 5.74. The summed E-state index contributed by atoms with van der Waals surface area (Å²) in [5.74, 6) is 0.637. The maximum absolute atomic E-state index is 11.9. The van der Waals surface area contributed by atoms with Gasteiger partial charge in [-0.05, 0) is 32.0 Å². The van der Waals surface area contributed by atoms with Crippen molar-refractivity contribution in [3.8, 4) is 0 Å². The number of rotatable bonds is 2. The Kier molecular flexibility index (Phi) is 2.90. The Balaban J connectivity index is 1.87. The van der Waals surface area contributed by atoms with Crippen LogP contribution in [0.3, 0.4) is 0 Å². The SMILES string of the molecule is CC1(C)C(=O)NCCN1Cc1nc2cc(N)ccc2o1. The maximum Gasteiger partial charge on any atom is 0.240 e. The number of benzene rings is 1. The quantitative estimate of drug-likeness (QED) is 0.802. The molecule has 20 heavy (non-hydrogen) atoms. The highest BCUT2D eigenvalue weighted by molar-refractivity contribution is 5.86. The summed E-state index contributed by atoms with van der Waals surface area (Å²) >= 11 is 0. The van der Waals surface area contributed by atoms with E-state index < -0.39 is 5.54 Å². The van der Waals surface area contributed by atoms with Crippen LogP contribution in [0.25, 0.3) is 11.1 Å². The van der Waals surface area contributed by atoms with Crippen molar-refractivity contribution in [2.75, 3.05) is 18.8 Å². The largest absolute Gasteiger partial charge is 0.439 e. The van der Waals surface area contributed by atoms with Crippen LogP contribution in [0.5, 0.6) is 0 Å². The number of carbonyl (C=O) groups excluding carboxylic acids is 1. The Morgan fingerprint density at radius 1 is 1.50 bits per heavy atom. The lowest BCUT2D eigenvalue weighted by Gasteiger charge is -2.40. The number of nitrogen functional groups attached to an aromatic ring is 1. The van der Waals surface area contributed by atoms with Gasteiger partial charge in [0, 0.05) is 18.8 Å². The standard InChI is InChI=1S/C14H18N4O2/c1-14(2)13(19)16-5-6-18(14)8-12-17-10-7-9(15)3-4-11(10)20-12/h3-4,7H,5-6,8,15H2,1-2H3,(H,16,19). The second kappa shape index (κ2) is 4.49. The molecule has 0 radical (unpaired) electrons. The molecule has 1 fully saturated rings. The average molecular weight is 274 g/mol. The zero-order valence-electron chi connectivity index (χ0n) is 11.6. The molecule has 2 aromatic rings. The first-order valence-electron chi connectivity index (χ1n) is 6.65. The first kappa shape index (κ1) is 12.9. The van der Waals surface area contributed by atoms with Crippen molar-refractivity contribution in [3.05, 3.63) is 24.1 Å². The number of aromatic nitrogens is 1. The average Bonchev–Trinajstić information content (AvgIpc) is 2.77. The fourth-order valence-corrected chi connectivity index (χ4v) is 2.44. The third-order valence-corrected chi connectivity index (χ3v) is 3.80. The van der Waals surface area contributed by atoms with Gasteiger partial charge in [-0.25, -0.2) is 4.98 Å². The predicted molar refractivity (Wildman–Crippen MR) is 75.9 cm³/mol. The maximum atomic E-state index is 11.9. The van der Waals surface area contributed by atoms with Gasteiger partial charge in [0.1, 0.15) is 5.52 Å². The Hall–Kier alpha value is -2.08. The summed E-state index contributed by atoms with van der Waals surface area (Å²) in [6, 6.07) is 5.39. The number of fused-ring (bicyclic) bond motifs is 1. The van der Waals surface area contributed by atoms with Crippen LogP contribution in [0, 0.1) is 0 Å². The van der Waals surface area contributed by atoms with Gasteiger partial charge in [0.2, 0.25) is 11.8 Å². The number of oxazole rings is 1. The van der Waals surface area contributed by atoms with Crippen LogP contribution in [-0.4, -0.2) is 34.4 Å². The summed E-state index contributed by atoms with van der Waals surface area (Å²) in [7, 11) is 0. The zero-order valence-corrected chi connectivity index (χ0v) is 11.6. The fraction of sp³-hybridized carbons (Fsp3) is 0.429. The van der Waals surface area contributed by atoms with Gasteiger partial charge in [0.25, 0.3) is 0 Å². The molecule has 0 spiro atoms. The number of carbonyl (C=O) groups is 1. The van der Waals surface area contributed by atoms with E-state index in [1.807, 2.05) is 19.9 Å². The molecule has 0 atom stereocenters. The molecule has 0 aliphatic carbocycles. The molecule has 1 aliphatic rings. The molecule has 1 saturated heterocycles. The van der Waals surface area contributed by atoms with Crippen molar-refractivity contribution in [1.29, 1.82) is 0 Å². The van der Waals surface area contributed by atoms with Gasteiger partial charge < -0.3 is 15.5 Å². The van der Waals surface area contributed by atoms with Crippen molar-refractivity contribution >= 4 is 22.7 Å². The van der Waals surface area contributed by atoms with Gasteiger partial charge in [-0.3, -0.25) is 9.69 Å². The molecule has 3 N–H and O–H groups in total. The first-order valence-corrected chi connectivity index (χ1v) is 6.65. The van der Waals surface area contributed by atoms with E-state index in [0.29, 0.717) is 30.3 Å². The number of anilines is 1. The van der Waals surface area contributed by atoms with Crippen LogP contribution in [0.1, 0.15) is 19.7 Å². The van der Waals surface area contributed by atoms with E-state index in [9.17, 15) is 4.79 Å². The van der Waals surface area contributed by atoms with Crippen molar-refractivity contribution in [3.63, 3.8) is 0 Å². The van der Waals surface area contributed by atoms with Gasteiger partial charge in [-0.15, -0.1) is 0 Å². The predicted octanol–water partition coefficient (Wildman–Crippen LogP) is 1.12. The molecule has 0 unspecified atom stereocenters. The number of hydrogen-bond donors (Lipinski definition) is 2. The molecule has 1 amide bonds. The second-order valence-electron chi connectivity index (χ2n) is 5.57. The van der Waals surface area contributed by atoms with E-state index in [4.69, 9.17) is 10.2 Å². The highest BCUT2D eigenvalue weighted by atomic mass is 16.3. The minimum atomic E-state index is -0.558. The van der Waals surface area contributed by atoms with Gasteiger partial charge in [0.05, 0.1) is 12.1 Å². The topological polar surface area (TPSA) is 84.4 Å². The van der Waals surface area contributed by atoms with Crippen LogP contribution < -0.4 is 11.1 Å². The van der Waals surface area contributed by atoms with Crippen LogP contribution >= 0.6 is 0 Å². The monoisotopic (exact) mass is 274 g/mol. The second-order valence-corrected chi connectivity index (χ2v) is 5.57. The summed E-state index contributed by atoms with van der Waals surface area (Å²) in [5.41, 5.74) is 7.30. The van der Waals surface area contributed by atoms with Crippen LogP contribution in [-0.2, 0) is 11.3 Å². The third-order valence-electron chi connectivity index (χ3n) is 3.80. The molecule has 3 rings (SSSR count). The Labute approximate surface area is 116 Å². The molecule has 106 valence electrons. The first-order chi connectivity index (χ1) is 9.46. The number of nitrogens with one attached hydrogen (secondary N) is 1. The minimum Gasteiger partial charge on any atom is -0.439 e. The molecule has 6 heteroatoms. The fourth-order valence-electron chi connectivity index (χ4n) is 2.44. The van der Waals surface area contributed by atoms with E-state index in [1.54, 1.807) is 12.1 Å². The van der Waals surface area contributed by atoms with Gasteiger partial charge in [-0.2, -0.15) is 0 Å². The van der Waals surface area contributed by atoms with Gasteiger partial charge >= 0.3 is 0 Å². The van der Waals surface area contributed by atoms with Crippen LogP contribution in [0.2, 0.25) is 0 Å². The van der Waals surface area contributed by atoms with Crippen molar-refractivity contribution in [1.82, 2.24) is 15.2 Å². The number of piperazine rings is 1. The molecule has 2 heterocycles. The van der Waals surface area contributed by atoms with Gasteiger partial charge in [-0.1, -0.05) is 0 Å². The number of nitrogens with zero attached hydrogens (tertiary/aromatic N) is 2.